The number of piperazine rings is 1. The van der Waals surface area contributed by atoms with E-state index in [4.69, 9.17) is 4.52 Å². The van der Waals surface area contributed by atoms with Gasteiger partial charge in [-0.3, -0.25) is 4.90 Å². The van der Waals surface area contributed by atoms with Gasteiger partial charge in [0.2, 0.25) is 5.89 Å². The first-order valence-corrected chi connectivity index (χ1v) is 8.50. The van der Waals surface area contributed by atoms with Gasteiger partial charge in [0.05, 0.1) is 6.04 Å². The highest BCUT2D eigenvalue weighted by molar-refractivity contribution is 5.38. The molecule has 0 aliphatic carbocycles. The molecular formula is C17H25N5O. The topological polar surface area (TPSA) is 58.3 Å². The van der Waals surface area contributed by atoms with Crippen molar-refractivity contribution in [2.24, 2.45) is 0 Å². The summed E-state index contributed by atoms with van der Waals surface area (Å²) < 4.78 is 5.46. The number of unbranched alkanes of at least 4 members (excludes halogenated alkanes) is 1. The Labute approximate surface area is 137 Å². The number of hydrogen-bond donors (Lipinski definition) is 0. The van der Waals surface area contributed by atoms with Crippen LogP contribution in [0.1, 0.15) is 44.4 Å². The molecule has 1 unspecified atom stereocenters. The molecular weight excluding hydrogens is 290 g/mol. The van der Waals surface area contributed by atoms with Crippen LogP contribution in [-0.2, 0) is 6.42 Å². The molecule has 0 spiro atoms. The van der Waals surface area contributed by atoms with Gasteiger partial charge in [0.1, 0.15) is 5.82 Å². The van der Waals surface area contributed by atoms with Gasteiger partial charge in [-0.15, -0.1) is 0 Å². The summed E-state index contributed by atoms with van der Waals surface area (Å²) in [6, 6.07) is 6.22. The first-order valence-electron chi connectivity index (χ1n) is 8.50. The molecule has 3 heterocycles. The van der Waals surface area contributed by atoms with Gasteiger partial charge in [0.25, 0.3) is 0 Å². The van der Waals surface area contributed by atoms with Crippen LogP contribution in [0.3, 0.4) is 0 Å². The second-order valence-corrected chi connectivity index (χ2v) is 6.04. The molecule has 1 aliphatic heterocycles. The van der Waals surface area contributed by atoms with Gasteiger partial charge in [-0.25, -0.2) is 4.98 Å². The SMILES string of the molecule is CCCCc1noc(C(C)N2CCN(c3ccccn3)CC2)n1. The van der Waals surface area contributed by atoms with Gasteiger partial charge >= 0.3 is 0 Å². The molecule has 23 heavy (non-hydrogen) atoms. The summed E-state index contributed by atoms with van der Waals surface area (Å²) in [6.07, 6.45) is 5.01. The molecule has 0 N–H and O–H groups in total. The zero-order chi connectivity index (χ0) is 16.1. The fourth-order valence-corrected chi connectivity index (χ4v) is 2.91. The number of hydrogen-bond acceptors (Lipinski definition) is 6. The number of rotatable bonds is 6. The number of pyridine rings is 1. The van der Waals surface area contributed by atoms with E-state index in [1.807, 2.05) is 18.3 Å². The molecule has 0 bridgehead atoms. The predicted octanol–water partition coefficient (Wildman–Crippen LogP) is 2.69. The van der Waals surface area contributed by atoms with Crippen LogP contribution in [0.4, 0.5) is 5.82 Å². The lowest BCUT2D eigenvalue weighted by Crippen LogP contribution is -2.47. The second-order valence-electron chi connectivity index (χ2n) is 6.04. The van der Waals surface area contributed by atoms with E-state index in [0.717, 1.165) is 63.0 Å². The maximum atomic E-state index is 5.46. The summed E-state index contributed by atoms with van der Waals surface area (Å²) in [7, 11) is 0. The summed E-state index contributed by atoms with van der Waals surface area (Å²) in [6.45, 7) is 8.21. The zero-order valence-electron chi connectivity index (χ0n) is 14.0. The van der Waals surface area contributed by atoms with Crippen molar-refractivity contribution in [2.45, 2.75) is 39.2 Å². The Morgan fingerprint density at radius 1 is 1.22 bits per heavy atom. The third-order valence-corrected chi connectivity index (χ3v) is 4.43. The fourth-order valence-electron chi connectivity index (χ4n) is 2.91. The molecule has 0 saturated carbocycles. The molecule has 1 aliphatic rings. The lowest BCUT2D eigenvalue weighted by molar-refractivity contribution is 0.164. The van der Waals surface area contributed by atoms with Crippen LogP contribution in [0.25, 0.3) is 0 Å². The van der Waals surface area contributed by atoms with Crippen molar-refractivity contribution in [3.05, 3.63) is 36.1 Å². The van der Waals surface area contributed by atoms with Gasteiger partial charge in [-0.05, 0) is 25.5 Å². The zero-order valence-corrected chi connectivity index (χ0v) is 14.0. The van der Waals surface area contributed by atoms with Crippen molar-refractivity contribution in [3.8, 4) is 0 Å². The Morgan fingerprint density at radius 2 is 2.04 bits per heavy atom. The lowest BCUT2D eigenvalue weighted by atomic mass is 10.2. The molecule has 1 saturated heterocycles. The summed E-state index contributed by atoms with van der Waals surface area (Å²) in [5, 5.41) is 4.10. The van der Waals surface area contributed by atoms with Crippen LogP contribution in [0.5, 0.6) is 0 Å². The highest BCUT2D eigenvalue weighted by atomic mass is 16.5. The minimum atomic E-state index is 0.170. The lowest BCUT2D eigenvalue weighted by Gasteiger charge is -2.37. The van der Waals surface area contributed by atoms with Crippen molar-refractivity contribution in [1.29, 1.82) is 0 Å². The van der Waals surface area contributed by atoms with E-state index >= 15 is 0 Å². The first kappa shape index (κ1) is 15.9. The molecule has 6 heteroatoms. The Balaban J connectivity index is 1.55. The van der Waals surface area contributed by atoms with E-state index in [-0.39, 0.29) is 6.04 Å². The van der Waals surface area contributed by atoms with Gasteiger partial charge in [-0.2, -0.15) is 4.98 Å². The van der Waals surface area contributed by atoms with Crippen LogP contribution >= 0.6 is 0 Å². The molecule has 1 fully saturated rings. The number of anilines is 1. The van der Waals surface area contributed by atoms with Gasteiger partial charge in [0.15, 0.2) is 5.82 Å². The van der Waals surface area contributed by atoms with Crippen LogP contribution < -0.4 is 4.90 Å². The van der Waals surface area contributed by atoms with Crippen molar-refractivity contribution in [1.82, 2.24) is 20.0 Å². The minimum Gasteiger partial charge on any atom is -0.354 e. The predicted molar refractivity (Wildman–Crippen MR) is 89.3 cm³/mol. The first-order chi connectivity index (χ1) is 11.3. The van der Waals surface area contributed by atoms with Crippen molar-refractivity contribution in [3.63, 3.8) is 0 Å². The van der Waals surface area contributed by atoms with E-state index in [2.05, 4.69) is 44.8 Å². The average Bonchev–Trinajstić information content (AvgIpc) is 3.09. The summed E-state index contributed by atoms with van der Waals surface area (Å²) in [5.74, 6) is 2.63. The summed E-state index contributed by atoms with van der Waals surface area (Å²) >= 11 is 0. The molecule has 1 atom stereocenters. The average molecular weight is 315 g/mol. The number of nitrogens with zero attached hydrogens (tertiary/aromatic N) is 5. The fraction of sp³-hybridized carbons (Fsp3) is 0.588. The maximum absolute atomic E-state index is 5.46. The van der Waals surface area contributed by atoms with Crippen LogP contribution in [-0.4, -0.2) is 46.2 Å². The van der Waals surface area contributed by atoms with Gasteiger partial charge < -0.3 is 9.42 Å². The number of aromatic nitrogens is 3. The molecule has 124 valence electrons. The third-order valence-electron chi connectivity index (χ3n) is 4.43. The largest absolute Gasteiger partial charge is 0.354 e. The molecule has 2 aromatic heterocycles. The van der Waals surface area contributed by atoms with Gasteiger partial charge in [0, 0.05) is 38.8 Å². The Bertz CT molecular complexity index is 592. The molecule has 6 nitrogen and oxygen atoms in total. The number of aryl methyl sites for hydroxylation is 1. The highest BCUT2D eigenvalue weighted by Gasteiger charge is 2.26. The highest BCUT2D eigenvalue weighted by Crippen LogP contribution is 2.22. The van der Waals surface area contributed by atoms with E-state index < -0.39 is 0 Å². The van der Waals surface area contributed by atoms with Crippen LogP contribution in [0.2, 0.25) is 0 Å². The van der Waals surface area contributed by atoms with E-state index in [1.165, 1.54) is 0 Å². The second kappa shape index (κ2) is 7.55. The quantitative estimate of drug-likeness (QED) is 0.817. The van der Waals surface area contributed by atoms with Crippen molar-refractivity contribution in [2.75, 3.05) is 31.1 Å². The van der Waals surface area contributed by atoms with Gasteiger partial charge in [-0.1, -0.05) is 24.6 Å². The van der Waals surface area contributed by atoms with Crippen molar-refractivity contribution >= 4 is 5.82 Å². The van der Waals surface area contributed by atoms with Crippen molar-refractivity contribution < 1.29 is 4.52 Å². The smallest absolute Gasteiger partial charge is 0.243 e. The van der Waals surface area contributed by atoms with Crippen LogP contribution in [0.15, 0.2) is 28.9 Å². The Hall–Kier alpha value is -1.95. The normalized spacial score (nSPS) is 17.4. The van der Waals surface area contributed by atoms with Crippen LogP contribution in [0, 0.1) is 0 Å². The monoisotopic (exact) mass is 315 g/mol. The van der Waals surface area contributed by atoms with E-state index in [9.17, 15) is 0 Å². The Kier molecular flexibility index (Phi) is 5.23. The molecule has 0 radical (unpaired) electrons. The summed E-state index contributed by atoms with van der Waals surface area (Å²) in [4.78, 5) is 13.7. The molecule has 0 amide bonds. The Morgan fingerprint density at radius 3 is 2.74 bits per heavy atom. The molecule has 3 rings (SSSR count). The molecule has 2 aromatic rings. The third kappa shape index (κ3) is 3.88. The summed E-state index contributed by atoms with van der Waals surface area (Å²) in [5.41, 5.74) is 0. The standard InChI is InChI=1S/C17H25N5O/c1-3-4-7-15-19-17(23-20-15)14(2)21-10-12-22(13-11-21)16-8-5-6-9-18-16/h5-6,8-9,14H,3-4,7,10-13H2,1-2H3. The maximum Gasteiger partial charge on any atom is 0.243 e. The minimum absolute atomic E-state index is 0.170. The van der Waals surface area contributed by atoms with E-state index in [0.29, 0.717) is 0 Å². The molecule has 0 aromatic carbocycles. The van der Waals surface area contributed by atoms with E-state index in [1.54, 1.807) is 0 Å².